The Balaban J connectivity index is 1.39. The van der Waals surface area contributed by atoms with Gasteiger partial charge < -0.3 is 14.5 Å². The van der Waals surface area contributed by atoms with E-state index < -0.39 is 18.3 Å². The molecule has 11 heteroatoms. The number of halogens is 1. The molecule has 1 saturated heterocycles. The number of nitrogens with zero attached hydrogens (tertiary/aromatic N) is 5. The van der Waals surface area contributed by atoms with Crippen LogP contribution in [0.5, 0.6) is 0 Å². The molecule has 0 spiro atoms. The Labute approximate surface area is 205 Å². The number of hydrogen-bond acceptors (Lipinski definition) is 8. The maximum absolute atomic E-state index is 13.3. The highest BCUT2D eigenvalue weighted by Gasteiger charge is 2.42. The molecular weight excluding hydrogens is 474 g/mol. The fourth-order valence-corrected chi connectivity index (χ4v) is 4.16. The molecule has 0 bridgehead atoms. The second kappa shape index (κ2) is 9.32. The average Bonchev–Trinajstić information content (AvgIpc) is 3.15. The fraction of sp³-hybridized carbons (Fsp3) is 0.208. The Morgan fingerprint density at radius 2 is 1.77 bits per heavy atom. The molecule has 2 aliphatic rings. The highest BCUT2D eigenvalue weighted by atomic mass is 35.5. The summed E-state index contributed by atoms with van der Waals surface area (Å²) in [4.78, 5) is 54.5. The van der Waals surface area contributed by atoms with Gasteiger partial charge in [-0.15, -0.1) is 5.06 Å². The third kappa shape index (κ3) is 4.41. The number of aromatic nitrogens is 2. The van der Waals surface area contributed by atoms with Crippen LogP contribution >= 0.6 is 11.6 Å². The van der Waals surface area contributed by atoms with E-state index >= 15 is 0 Å². The topological polar surface area (TPSA) is 105 Å². The third-order valence-corrected chi connectivity index (χ3v) is 5.97. The van der Waals surface area contributed by atoms with Gasteiger partial charge in [-0.1, -0.05) is 36.4 Å². The Hall–Kier alpha value is -4.02. The van der Waals surface area contributed by atoms with Crippen LogP contribution in [0.2, 0.25) is 5.15 Å². The quantitative estimate of drug-likeness (QED) is 0.402. The number of carbonyl (C=O) groups is 3. The summed E-state index contributed by atoms with van der Waals surface area (Å²) in [6, 6.07) is 13.8. The molecule has 0 radical (unpaired) electrons. The maximum Gasteiger partial charge on any atom is 0.412 e. The first-order valence-electron chi connectivity index (χ1n) is 10.9. The molecule has 1 unspecified atom stereocenters. The molecule has 35 heavy (non-hydrogen) atoms. The Morgan fingerprint density at radius 1 is 1.03 bits per heavy atom. The van der Waals surface area contributed by atoms with Crippen LogP contribution in [0.1, 0.15) is 22.1 Å². The number of ether oxygens (including phenoxy) is 1. The van der Waals surface area contributed by atoms with Crippen molar-refractivity contribution in [2.45, 2.75) is 6.23 Å². The van der Waals surface area contributed by atoms with E-state index in [1.165, 1.54) is 14.9 Å². The lowest BCUT2D eigenvalue weighted by Crippen LogP contribution is -2.49. The molecule has 5 rings (SSSR count). The zero-order chi connectivity index (χ0) is 24.5. The number of benzene rings is 1. The first-order chi connectivity index (χ1) is 16.9. The van der Waals surface area contributed by atoms with E-state index in [4.69, 9.17) is 21.2 Å². The van der Waals surface area contributed by atoms with E-state index in [0.717, 1.165) is 11.5 Å². The van der Waals surface area contributed by atoms with Crippen molar-refractivity contribution in [2.75, 3.05) is 31.1 Å². The number of piperazine rings is 1. The van der Waals surface area contributed by atoms with Gasteiger partial charge in [-0.05, 0) is 30.3 Å². The van der Waals surface area contributed by atoms with Crippen LogP contribution in [0.3, 0.4) is 0 Å². The van der Waals surface area contributed by atoms with Gasteiger partial charge in [-0.25, -0.2) is 19.6 Å². The van der Waals surface area contributed by atoms with Crippen LogP contribution in [0.25, 0.3) is 11.0 Å². The van der Waals surface area contributed by atoms with Crippen molar-refractivity contribution in [1.29, 1.82) is 0 Å². The smallest absolute Gasteiger partial charge is 0.412 e. The van der Waals surface area contributed by atoms with Crippen molar-refractivity contribution in [3.63, 3.8) is 0 Å². The van der Waals surface area contributed by atoms with E-state index in [1.807, 2.05) is 0 Å². The minimum atomic E-state index is -1.01. The standard InChI is InChI=1S/C24H20ClN5O5/c1-2-20(31)35-29-13-11-28(12-14-29)24(33)34-23-17-6-4-3-5-16(17)22(32)30(23)19-10-8-15-7-9-18(25)26-21(15)27-19/h2-10,23H,1,11-14H2. The molecular formula is C24H20ClN5O5. The number of pyridine rings is 2. The second-order valence-electron chi connectivity index (χ2n) is 7.88. The van der Waals surface area contributed by atoms with E-state index in [9.17, 15) is 14.4 Å². The molecule has 4 heterocycles. The number of fused-ring (bicyclic) bond motifs is 2. The van der Waals surface area contributed by atoms with Gasteiger partial charge in [0.15, 0.2) is 5.65 Å². The molecule has 0 aliphatic carbocycles. The van der Waals surface area contributed by atoms with Crippen LogP contribution in [0.4, 0.5) is 10.6 Å². The summed E-state index contributed by atoms with van der Waals surface area (Å²) in [7, 11) is 0. The van der Waals surface area contributed by atoms with Gasteiger partial charge in [0.2, 0.25) is 6.23 Å². The number of amides is 2. The van der Waals surface area contributed by atoms with Gasteiger partial charge in [0, 0.05) is 35.7 Å². The van der Waals surface area contributed by atoms with Crippen molar-refractivity contribution in [3.05, 3.63) is 77.5 Å². The summed E-state index contributed by atoms with van der Waals surface area (Å²) >= 11 is 6.02. The molecule has 0 N–H and O–H groups in total. The number of anilines is 1. The zero-order valence-corrected chi connectivity index (χ0v) is 19.2. The van der Waals surface area contributed by atoms with Crippen molar-refractivity contribution < 1.29 is 24.0 Å². The molecule has 2 aromatic heterocycles. The molecule has 1 atom stereocenters. The van der Waals surface area contributed by atoms with Crippen LogP contribution < -0.4 is 4.90 Å². The van der Waals surface area contributed by atoms with Gasteiger partial charge in [-0.2, -0.15) is 0 Å². The van der Waals surface area contributed by atoms with E-state index in [-0.39, 0.29) is 30.0 Å². The van der Waals surface area contributed by atoms with Crippen molar-refractivity contribution >= 4 is 46.4 Å². The summed E-state index contributed by atoms with van der Waals surface area (Å²) in [5, 5.41) is 2.50. The predicted octanol–water partition coefficient (Wildman–Crippen LogP) is 3.34. The minimum absolute atomic E-state index is 0.277. The van der Waals surface area contributed by atoms with E-state index in [0.29, 0.717) is 29.9 Å². The number of rotatable bonds is 4. The lowest BCUT2D eigenvalue weighted by atomic mass is 10.1. The molecule has 10 nitrogen and oxygen atoms in total. The summed E-state index contributed by atoms with van der Waals surface area (Å²) in [5.74, 6) is -0.614. The summed E-state index contributed by atoms with van der Waals surface area (Å²) in [6.45, 7) is 4.56. The third-order valence-electron chi connectivity index (χ3n) is 5.76. The molecule has 2 aliphatic heterocycles. The molecule has 3 aromatic rings. The van der Waals surface area contributed by atoms with Crippen LogP contribution in [0, 0.1) is 0 Å². The molecule has 2 amide bonds. The molecule has 0 saturated carbocycles. The highest BCUT2D eigenvalue weighted by Crippen LogP contribution is 2.38. The monoisotopic (exact) mass is 493 g/mol. The second-order valence-corrected chi connectivity index (χ2v) is 8.27. The van der Waals surface area contributed by atoms with Gasteiger partial charge in [-0.3, -0.25) is 9.69 Å². The largest absolute Gasteiger partial charge is 0.420 e. The van der Waals surface area contributed by atoms with Crippen molar-refractivity contribution in [1.82, 2.24) is 19.9 Å². The van der Waals surface area contributed by atoms with Gasteiger partial charge in [0.25, 0.3) is 5.91 Å². The Bertz CT molecular complexity index is 1340. The summed E-state index contributed by atoms with van der Waals surface area (Å²) in [5.41, 5.74) is 1.35. The average molecular weight is 494 g/mol. The fourth-order valence-electron chi connectivity index (χ4n) is 4.02. The molecule has 1 fully saturated rings. The molecule has 178 valence electrons. The van der Waals surface area contributed by atoms with Crippen LogP contribution in [-0.4, -0.2) is 64.1 Å². The lowest BCUT2D eigenvalue weighted by Gasteiger charge is -2.34. The summed E-state index contributed by atoms with van der Waals surface area (Å²) in [6.07, 6.45) is -0.526. The Kier molecular flexibility index (Phi) is 6.06. The first-order valence-corrected chi connectivity index (χ1v) is 11.2. The van der Waals surface area contributed by atoms with Gasteiger partial charge in [0.1, 0.15) is 11.0 Å². The van der Waals surface area contributed by atoms with Crippen LogP contribution in [-0.2, 0) is 14.4 Å². The van der Waals surface area contributed by atoms with Crippen molar-refractivity contribution in [2.24, 2.45) is 0 Å². The van der Waals surface area contributed by atoms with Crippen molar-refractivity contribution in [3.8, 4) is 0 Å². The molecule has 1 aromatic carbocycles. The van der Waals surface area contributed by atoms with E-state index in [2.05, 4.69) is 16.5 Å². The number of hydrogen-bond donors (Lipinski definition) is 0. The number of hydroxylamine groups is 2. The predicted molar refractivity (Wildman–Crippen MR) is 126 cm³/mol. The van der Waals surface area contributed by atoms with E-state index in [1.54, 1.807) is 48.5 Å². The van der Waals surface area contributed by atoms with Gasteiger partial charge >= 0.3 is 12.1 Å². The normalized spacial score (nSPS) is 17.9. The summed E-state index contributed by atoms with van der Waals surface area (Å²) < 4.78 is 5.85. The lowest BCUT2D eigenvalue weighted by molar-refractivity contribution is -0.190. The maximum atomic E-state index is 13.3. The SMILES string of the molecule is C=CC(=O)ON1CCN(C(=O)OC2c3ccccc3C(=O)N2c2ccc3ccc(Cl)nc3n2)CC1. The minimum Gasteiger partial charge on any atom is -0.420 e. The Morgan fingerprint density at radius 3 is 2.54 bits per heavy atom. The van der Waals surface area contributed by atoms with Gasteiger partial charge in [0.05, 0.1) is 13.1 Å². The zero-order valence-electron chi connectivity index (χ0n) is 18.5. The number of carbonyl (C=O) groups excluding carboxylic acids is 3. The first kappa shape index (κ1) is 22.8. The highest BCUT2D eigenvalue weighted by molar-refractivity contribution is 6.29. The van der Waals surface area contributed by atoms with Crippen LogP contribution in [0.15, 0.2) is 61.2 Å².